The Labute approximate surface area is 143 Å². The van der Waals surface area contributed by atoms with Crippen molar-refractivity contribution in [3.63, 3.8) is 0 Å². The summed E-state index contributed by atoms with van der Waals surface area (Å²) in [6.07, 6.45) is 9.96. The minimum atomic E-state index is 0.983. The molecule has 4 aliphatic rings. The summed E-state index contributed by atoms with van der Waals surface area (Å²) < 4.78 is 0. The average Bonchev–Trinajstić information content (AvgIpc) is 2.56. The third-order valence-corrected chi connectivity index (χ3v) is 5.38. The molecule has 4 aliphatic carbocycles. The number of hydrogen-bond acceptors (Lipinski definition) is 0. The Morgan fingerprint density at radius 1 is 0.636 bits per heavy atom. The van der Waals surface area contributed by atoms with E-state index in [2.05, 4.69) is 58.4 Å². The van der Waals surface area contributed by atoms with Crippen LogP contribution in [0.2, 0.25) is 0 Å². The first kappa shape index (κ1) is 15.8. The number of hydrogen-bond donors (Lipinski definition) is 0. The lowest BCUT2D eigenvalue weighted by Crippen LogP contribution is -1.98. The normalized spacial score (nSPS) is 16.0. The van der Waals surface area contributed by atoms with Gasteiger partial charge in [0, 0.05) is 5.33 Å². The smallest absolute Gasteiger partial charge is 0.0285 e. The average molecular weight is 357 g/mol. The highest BCUT2D eigenvalue weighted by Crippen LogP contribution is 2.20. The lowest BCUT2D eigenvalue weighted by atomic mass is 9.95. The van der Waals surface area contributed by atoms with E-state index in [9.17, 15) is 0 Å². The van der Waals surface area contributed by atoms with Crippen molar-refractivity contribution in [1.29, 1.82) is 0 Å². The molecule has 0 unspecified atom stereocenters. The number of aryl methyl sites for hydroxylation is 4. The lowest BCUT2D eigenvalue weighted by Gasteiger charge is -2.11. The summed E-state index contributed by atoms with van der Waals surface area (Å²) in [4.78, 5) is 0. The van der Waals surface area contributed by atoms with Gasteiger partial charge in [-0.3, -0.25) is 0 Å². The number of halogens is 1. The molecule has 0 fully saturated rings. The van der Waals surface area contributed by atoms with Crippen LogP contribution in [0.25, 0.3) is 0 Å². The van der Waals surface area contributed by atoms with E-state index in [-0.39, 0.29) is 0 Å². The molecule has 22 heavy (non-hydrogen) atoms. The molecular formula is C21H25Br. The van der Waals surface area contributed by atoms with Crippen molar-refractivity contribution in [1.82, 2.24) is 0 Å². The molecule has 0 amide bonds. The zero-order valence-corrected chi connectivity index (χ0v) is 14.9. The minimum absolute atomic E-state index is 0.983. The van der Waals surface area contributed by atoms with E-state index >= 15 is 0 Å². The van der Waals surface area contributed by atoms with Crippen LogP contribution in [0.15, 0.2) is 42.5 Å². The summed E-state index contributed by atoms with van der Waals surface area (Å²) in [7, 11) is 0. The van der Waals surface area contributed by atoms with E-state index in [1.165, 1.54) is 79.2 Å². The van der Waals surface area contributed by atoms with Crippen LogP contribution in [-0.2, 0) is 31.0 Å². The van der Waals surface area contributed by atoms with Gasteiger partial charge in [-0.25, -0.2) is 0 Å². The van der Waals surface area contributed by atoms with Gasteiger partial charge in [-0.15, -0.1) is 0 Å². The van der Waals surface area contributed by atoms with Crippen molar-refractivity contribution in [2.45, 2.75) is 56.7 Å². The summed E-state index contributed by atoms with van der Waals surface area (Å²) in [6.45, 7) is 0. The van der Waals surface area contributed by atoms with Gasteiger partial charge in [-0.1, -0.05) is 58.4 Å². The van der Waals surface area contributed by atoms with Gasteiger partial charge >= 0.3 is 0 Å². The maximum atomic E-state index is 3.67. The SMILES string of the molecule is BrCc1cc2ccc1CCCCc1ccc(cc1)CCCC2. The van der Waals surface area contributed by atoms with E-state index in [1.54, 1.807) is 0 Å². The molecule has 0 N–H and O–H groups in total. The monoisotopic (exact) mass is 356 g/mol. The van der Waals surface area contributed by atoms with Crippen molar-refractivity contribution in [2.24, 2.45) is 0 Å². The van der Waals surface area contributed by atoms with E-state index in [4.69, 9.17) is 0 Å². The van der Waals surface area contributed by atoms with Gasteiger partial charge in [-0.05, 0) is 79.2 Å². The molecule has 1 heteroatoms. The first-order chi connectivity index (χ1) is 10.8. The molecule has 0 aliphatic heterocycles. The van der Waals surface area contributed by atoms with Gasteiger partial charge in [0.2, 0.25) is 0 Å². The Bertz CT molecular complexity index is 598. The zero-order chi connectivity index (χ0) is 15.2. The largest absolute Gasteiger partial charge is 0.0876 e. The highest BCUT2D eigenvalue weighted by molar-refractivity contribution is 9.08. The highest BCUT2D eigenvalue weighted by Gasteiger charge is 2.05. The van der Waals surface area contributed by atoms with Crippen LogP contribution in [0.4, 0.5) is 0 Å². The Morgan fingerprint density at radius 2 is 1.14 bits per heavy atom. The van der Waals surface area contributed by atoms with E-state index < -0.39 is 0 Å². The first-order valence-corrected chi connectivity index (χ1v) is 9.72. The van der Waals surface area contributed by atoms with E-state index in [0.717, 1.165) is 5.33 Å². The molecule has 0 heterocycles. The fourth-order valence-corrected chi connectivity index (χ4v) is 3.90. The Hall–Kier alpha value is -1.08. The van der Waals surface area contributed by atoms with Gasteiger partial charge in [0.1, 0.15) is 0 Å². The van der Waals surface area contributed by atoms with Crippen LogP contribution in [0.5, 0.6) is 0 Å². The van der Waals surface area contributed by atoms with Crippen molar-refractivity contribution < 1.29 is 0 Å². The fourth-order valence-electron chi connectivity index (χ4n) is 3.38. The number of rotatable bonds is 1. The molecule has 0 nitrogen and oxygen atoms in total. The van der Waals surface area contributed by atoms with Crippen LogP contribution in [0.3, 0.4) is 0 Å². The van der Waals surface area contributed by atoms with Gasteiger partial charge in [-0.2, -0.15) is 0 Å². The standard InChI is InChI=1S/C21H25Br/c22-16-21-15-19-7-2-1-5-17-9-11-18(12-10-17)6-3-4-8-20(21)14-13-19/h9-15H,1-8,16H2. The Kier molecular flexibility index (Phi) is 5.72. The molecule has 0 aromatic heterocycles. The Balaban J connectivity index is 1.76. The predicted molar refractivity (Wildman–Crippen MR) is 98.8 cm³/mol. The van der Waals surface area contributed by atoms with Crippen molar-refractivity contribution in [3.8, 4) is 0 Å². The minimum Gasteiger partial charge on any atom is -0.0876 e. The summed E-state index contributed by atoms with van der Waals surface area (Å²) in [5.74, 6) is 0. The van der Waals surface area contributed by atoms with Crippen molar-refractivity contribution in [2.75, 3.05) is 0 Å². The predicted octanol–water partition coefficient (Wildman–Crippen LogP) is 6.03. The lowest BCUT2D eigenvalue weighted by molar-refractivity contribution is 0.720. The van der Waals surface area contributed by atoms with Crippen molar-refractivity contribution in [3.05, 3.63) is 70.3 Å². The summed E-state index contributed by atoms with van der Waals surface area (Å²) in [5, 5.41) is 0.983. The maximum Gasteiger partial charge on any atom is 0.0285 e. The van der Waals surface area contributed by atoms with E-state index in [0.29, 0.717) is 0 Å². The van der Waals surface area contributed by atoms with Crippen molar-refractivity contribution >= 4 is 15.9 Å². The number of benzene rings is 2. The highest BCUT2D eigenvalue weighted by atomic mass is 79.9. The second-order valence-corrected chi connectivity index (χ2v) is 7.03. The summed E-state index contributed by atoms with van der Waals surface area (Å²) >= 11 is 3.67. The first-order valence-electron chi connectivity index (χ1n) is 8.59. The number of alkyl halides is 1. The van der Waals surface area contributed by atoms with Gasteiger partial charge in [0.25, 0.3) is 0 Å². The van der Waals surface area contributed by atoms with Crippen LogP contribution in [-0.4, -0.2) is 0 Å². The maximum absolute atomic E-state index is 3.67. The molecule has 0 atom stereocenters. The second-order valence-electron chi connectivity index (χ2n) is 6.47. The molecule has 0 spiro atoms. The van der Waals surface area contributed by atoms with Crippen LogP contribution in [0.1, 0.15) is 53.5 Å². The van der Waals surface area contributed by atoms with Crippen LogP contribution >= 0.6 is 15.9 Å². The van der Waals surface area contributed by atoms with Gasteiger partial charge in [0.15, 0.2) is 0 Å². The molecule has 0 radical (unpaired) electrons. The molecule has 2 aromatic rings. The molecule has 2 aromatic carbocycles. The molecule has 0 saturated heterocycles. The van der Waals surface area contributed by atoms with Crippen LogP contribution < -0.4 is 0 Å². The fraction of sp³-hybridized carbons (Fsp3) is 0.429. The molecular weight excluding hydrogens is 332 g/mol. The zero-order valence-electron chi connectivity index (χ0n) is 13.3. The molecule has 116 valence electrons. The summed E-state index contributed by atoms with van der Waals surface area (Å²) in [5.41, 5.74) is 7.51. The summed E-state index contributed by atoms with van der Waals surface area (Å²) in [6, 6.07) is 16.5. The molecule has 6 rings (SSSR count). The van der Waals surface area contributed by atoms with Gasteiger partial charge < -0.3 is 0 Å². The molecule has 4 bridgehead atoms. The third kappa shape index (κ3) is 4.23. The van der Waals surface area contributed by atoms with E-state index in [1.807, 2.05) is 0 Å². The van der Waals surface area contributed by atoms with Gasteiger partial charge in [0.05, 0.1) is 0 Å². The Morgan fingerprint density at radius 3 is 1.73 bits per heavy atom. The topological polar surface area (TPSA) is 0 Å². The van der Waals surface area contributed by atoms with Crippen LogP contribution in [0, 0.1) is 0 Å². The quantitative estimate of drug-likeness (QED) is 0.547. The molecule has 0 saturated carbocycles. The third-order valence-electron chi connectivity index (χ3n) is 4.78. The second kappa shape index (κ2) is 7.97.